The predicted octanol–water partition coefficient (Wildman–Crippen LogP) is 3.11. The van der Waals surface area contributed by atoms with Crippen LogP contribution in [-0.2, 0) is 6.42 Å². The maximum absolute atomic E-state index is 12.9. The topological polar surface area (TPSA) is 41.6 Å². The number of nitrogens with one attached hydrogen (secondary N) is 1. The summed E-state index contributed by atoms with van der Waals surface area (Å²) in [6.07, 6.45) is 1.03. The number of methoxy groups -OCH3 is 1. The average molecular weight is 330 g/mol. The van der Waals surface area contributed by atoms with Crippen LogP contribution in [0.25, 0.3) is 0 Å². The summed E-state index contributed by atoms with van der Waals surface area (Å²) >= 11 is 1.44. The van der Waals surface area contributed by atoms with Crippen molar-refractivity contribution in [3.63, 3.8) is 0 Å². The molecule has 1 unspecified atom stereocenters. The van der Waals surface area contributed by atoms with E-state index in [9.17, 15) is 4.79 Å². The molecule has 5 heteroatoms. The monoisotopic (exact) mass is 330 g/mol. The molecule has 1 aromatic heterocycles. The number of aryl methyl sites for hydroxylation is 1. The molecule has 0 saturated carbocycles. The Kier molecular flexibility index (Phi) is 4.98. The Morgan fingerprint density at radius 2 is 2.17 bits per heavy atom. The Labute approximate surface area is 141 Å². The minimum Gasteiger partial charge on any atom is -0.496 e. The fourth-order valence-corrected chi connectivity index (χ4v) is 3.71. The zero-order valence-corrected chi connectivity index (χ0v) is 14.4. The second-order valence-electron chi connectivity index (χ2n) is 5.66. The van der Waals surface area contributed by atoms with Gasteiger partial charge in [0.15, 0.2) is 0 Å². The molecular formula is C18H22N2O2S. The van der Waals surface area contributed by atoms with Crippen molar-refractivity contribution in [1.29, 1.82) is 0 Å². The van der Waals surface area contributed by atoms with E-state index in [1.807, 2.05) is 16.3 Å². The van der Waals surface area contributed by atoms with Gasteiger partial charge in [-0.1, -0.05) is 31.2 Å². The highest BCUT2D eigenvalue weighted by molar-refractivity contribution is 7.12. The molecule has 2 heterocycles. The number of benzene rings is 1. The summed E-state index contributed by atoms with van der Waals surface area (Å²) < 4.78 is 5.20. The fourth-order valence-electron chi connectivity index (χ4n) is 2.90. The van der Waals surface area contributed by atoms with Crippen LogP contribution in [0.2, 0.25) is 0 Å². The maximum Gasteiger partial charge on any atom is 0.264 e. The number of carbonyl (C=O) groups excluding carboxylic acids is 1. The summed E-state index contributed by atoms with van der Waals surface area (Å²) in [6.45, 7) is 4.49. The zero-order valence-electron chi connectivity index (χ0n) is 13.5. The highest BCUT2D eigenvalue weighted by Crippen LogP contribution is 2.28. The Morgan fingerprint density at radius 3 is 2.83 bits per heavy atom. The molecule has 4 nitrogen and oxygen atoms in total. The van der Waals surface area contributed by atoms with Crippen molar-refractivity contribution in [3.05, 3.63) is 51.7 Å². The first-order chi connectivity index (χ1) is 11.2. The molecular weight excluding hydrogens is 308 g/mol. The second-order valence-corrected chi connectivity index (χ2v) is 6.58. The molecule has 1 aromatic carbocycles. The van der Waals surface area contributed by atoms with Crippen LogP contribution in [0.3, 0.4) is 0 Å². The summed E-state index contributed by atoms with van der Waals surface area (Å²) in [4.78, 5) is 15.6. The lowest BCUT2D eigenvalue weighted by molar-refractivity contribution is 0.0639. The Balaban J connectivity index is 1.83. The van der Waals surface area contributed by atoms with Gasteiger partial charge in [0.1, 0.15) is 5.75 Å². The summed E-state index contributed by atoms with van der Waals surface area (Å²) in [7, 11) is 1.62. The van der Waals surface area contributed by atoms with E-state index >= 15 is 0 Å². The predicted molar refractivity (Wildman–Crippen MR) is 93.3 cm³/mol. The number of piperazine rings is 1. The van der Waals surface area contributed by atoms with Crippen molar-refractivity contribution in [2.45, 2.75) is 19.4 Å². The van der Waals surface area contributed by atoms with Gasteiger partial charge in [-0.15, -0.1) is 11.3 Å². The number of nitrogens with zero attached hydrogens (tertiary/aromatic N) is 1. The number of thiophene rings is 1. The Morgan fingerprint density at radius 1 is 1.39 bits per heavy atom. The summed E-state index contributed by atoms with van der Waals surface area (Å²) in [5.41, 5.74) is 2.50. The SMILES string of the molecule is CCc1ccc(C2CNCCN2C(=O)c2cc(OC)cs2)cc1. The molecule has 1 amide bonds. The number of amides is 1. The second kappa shape index (κ2) is 7.15. The molecule has 0 radical (unpaired) electrons. The molecule has 23 heavy (non-hydrogen) atoms. The minimum absolute atomic E-state index is 0.0789. The molecule has 122 valence electrons. The third-order valence-electron chi connectivity index (χ3n) is 4.30. The molecule has 0 spiro atoms. The van der Waals surface area contributed by atoms with E-state index in [4.69, 9.17) is 4.74 Å². The van der Waals surface area contributed by atoms with Gasteiger partial charge < -0.3 is 15.0 Å². The molecule has 1 aliphatic heterocycles. The lowest BCUT2D eigenvalue weighted by Crippen LogP contribution is -2.48. The van der Waals surface area contributed by atoms with Crippen molar-refractivity contribution in [1.82, 2.24) is 10.2 Å². The van der Waals surface area contributed by atoms with E-state index in [-0.39, 0.29) is 11.9 Å². The van der Waals surface area contributed by atoms with Gasteiger partial charge in [0, 0.05) is 31.1 Å². The van der Waals surface area contributed by atoms with Crippen LogP contribution in [0.15, 0.2) is 35.7 Å². The molecule has 1 fully saturated rings. The van der Waals surface area contributed by atoms with Crippen LogP contribution in [0.1, 0.15) is 33.8 Å². The molecule has 3 rings (SSSR count). The van der Waals surface area contributed by atoms with Crippen LogP contribution in [-0.4, -0.2) is 37.6 Å². The largest absolute Gasteiger partial charge is 0.496 e. The highest BCUT2D eigenvalue weighted by atomic mass is 32.1. The Hall–Kier alpha value is -1.85. The van der Waals surface area contributed by atoms with Gasteiger partial charge in [-0.25, -0.2) is 0 Å². The van der Waals surface area contributed by atoms with Crippen molar-refractivity contribution in [2.24, 2.45) is 0 Å². The first-order valence-corrected chi connectivity index (χ1v) is 8.84. The molecule has 1 N–H and O–H groups in total. The third kappa shape index (κ3) is 3.41. The van der Waals surface area contributed by atoms with Gasteiger partial charge in [0.2, 0.25) is 0 Å². The smallest absolute Gasteiger partial charge is 0.264 e. The molecule has 1 saturated heterocycles. The normalized spacial score (nSPS) is 18.0. The summed E-state index contributed by atoms with van der Waals surface area (Å²) in [5.74, 6) is 0.835. The van der Waals surface area contributed by atoms with Gasteiger partial charge in [0.05, 0.1) is 18.0 Å². The number of rotatable bonds is 4. The average Bonchev–Trinajstić information content (AvgIpc) is 3.10. The van der Waals surface area contributed by atoms with Gasteiger partial charge in [-0.2, -0.15) is 0 Å². The molecule has 0 bridgehead atoms. The number of ether oxygens (including phenoxy) is 1. The van der Waals surface area contributed by atoms with E-state index in [0.717, 1.165) is 36.7 Å². The van der Waals surface area contributed by atoms with Crippen molar-refractivity contribution >= 4 is 17.2 Å². The van der Waals surface area contributed by atoms with Crippen LogP contribution >= 0.6 is 11.3 Å². The lowest BCUT2D eigenvalue weighted by Gasteiger charge is -2.36. The zero-order chi connectivity index (χ0) is 16.2. The van der Waals surface area contributed by atoms with Crippen LogP contribution in [0.4, 0.5) is 0 Å². The van der Waals surface area contributed by atoms with Gasteiger partial charge >= 0.3 is 0 Å². The van der Waals surface area contributed by atoms with Crippen molar-refractivity contribution in [3.8, 4) is 5.75 Å². The molecule has 2 aromatic rings. The van der Waals surface area contributed by atoms with Crippen molar-refractivity contribution in [2.75, 3.05) is 26.7 Å². The quantitative estimate of drug-likeness (QED) is 0.936. The first kappa shape index (κ1) is 16.0. The fraction of sp³-hybridized carbons (Fsp3) is 0.389. The van der Waals surface area contributed by atoms with Crippen LogP contribution < -0.4 is 10.1 Å². The molecule has 1 aliphatic rings. The maximum atomic E-state index is 12.9. The van der Waals surface area contributed by atoms with E-state index in [1.165, 1.54) is 22.5 Å². The third-order valence-corrected chi connectivity index (χ3v) is 5.20. The number of carbonyl (C=O) groups is 1. The summed E-state index contributed by atoms with van der Waals surface area (Å²) in [5, 5.41) is 5.27. The van der Waals surface area contributed by atoms with Crippen LogP contribution in [0.5, 0.6) is 5.75 Å². The van der Waals surface area contributed by atoms with Gasteiger partial charge in [-0.05, 0) is 17.5 Å². The van der Waals surface area contributed by atoms with Gasteiger partial charge in [0.25, 0.3) is 5.91 Å². The number of hydrogen-bond donors (Lipinski definition) is 1. The molecule has 1 atom stereocenters. The van der Waals surface area contributed by atoms with E-state index in [2.05, 4.69) is 36.5 Å². The van der Waals surface area contributed by atoms with E-state index in [0.29, 0.717) is 0 Å². The van der Waals surface area contributed by atoms with E-state index < -0.39 is 0 Å². The van der Waals surface area contributed by atoms with Gasteiger partial charge in [-0.3, -0.25) is 4.79 Å². The Bertz CT molecular complexity index is 666. The van der Waals surface area contributed by atoms with Crippen molar-refractivity contribution < 1.29 is 9.53 Å². The first-order valence-electron chi connectivity index (χ1n) is 7.96. The van der Waals surface area contributed by atoms with Crippen LogP contribution in [0, 0.1) is 0 Å². The number of hydrogen-bond acceptors (Lipinski definition) is 4. The lowest BCUT2D eigenvalue weighted by atomic mass is 10.0. The molecule has 0 aliphatic carbocycles. The highest BCUT2D eigenvalue weighted by Gasteiger charge is 2.29. The van der Waals surface area contributed by atoms with E-state index in [1.54, 1.807) is 7.11 Å². The minimum atomic E-state index is 0.0789. The summed E-state index contributed by atoms with van der Waals surface area (Å²) in [6, 6.07) is 10.5. The standard InChI is InChI=1S/C18H22N2O2S/c1-3-13-4-6-14(7-5-13)16-11-19-8-9-20(16)18(21)17-10-15(22-2)12-23-17/h4-7,10,12,16,19H,3,8-9,11H2,1-2H3.